The molecule has 0 radical (unpaired) electrons. The van der Waals surface area contributed by atoms with Crippen LogP contribution in [0, 0.1) is 0 Å². The number of pyridine rings is 2. The van der Waals surface area contributed by atoms with Crippen molar-refractivity contribution in [3.8, 4) is 5.88 Å². The Bertz CT molecular complexity index is 749. The fourth-order valence-electron chi connectivity index (χ4n) is 2.47. The van der Waals surface area contributed by atoms with Crippen LogP contribution in [0.25, 0.3) is 0 Å². The summed E-state index contributed by atoms with van der Waals surface area (Å²) in [6.07, 6.45) is -0.740. The van der Waals surface area contributed by atoms with Crippen LogP contribution in [0.3, 0.4) is 0 Å². The lowest BCUT2D eigenvalue weighted by atomic mass is 10.2. The second kappa shape index (κ2) is 6.46. The van der Waals surface area contributed by atoms with Crippen LogP contribution < -0.4 is 4.74 Å². The summed E-state index contributed by atoms with van der Waals surface area (Å²) < 4.78 is 41.1. The summed E-state index contributed by atoms with van der Waals surface area (Å²) in [7, 11) is 0. The van der Waals surface area contributed by atoms with Crippen molar-refractivity contribution in [2.45, 2.75) is 19.1 Å². The van der Waals surface area contributed by atoms with Gasteiger partial charge >= 0.3 is 6.18 Å². The lowest BCUT2D eigenvalue weighted by molar-refractivity contribution is -0.154. The number of hydrogen-bond donors (Lipinski definition) is 0. The number of fused-ring (bicyclic) bond motifs is 1. The molecule has 1 amide bonds. The first kappa shape index (κ1) is 16.2. The van der Waals surface area contributed by atoms with E-state index in [4.69, 9.17) is 0 Å². The number of rotatable bonds is 5. The molecule has 0 unspecified atom stereocenters. The quantitative estimate of drug-likeness (QED) is 0.842. The maximum Gasteiger partial charge on any atom is 0.422 e. The van der Waals surface area contributed by atoms with Gasteiger partial charge in [-0.2, -0.15) is 13.2 Å². The molecule has 0 atom stereocenters. The summed E-state index contributed by atoms with van der Waals surface area (Å²) in [6.45, 7) is -0.480. The van der Waals surface area contributed by atoms with Crippen LogP contribution in [-0.4, -0.2) is 40.1 Å². The van der Waals surface area contributed by atoms with Gasteiger partial charge in [-0.15, -0.1) is 0 Å². The van der Waals surface area contributed by atoms with Gasteiger partial charge in [0.15, 0.2) is 6.61 Å². The summed E-state index contributed by atoms with van der Waals surface area (Å²) >= 11 is 0. The van der Waals surface area contributed by atoms with Crippen molar-refractivity contribution >= 4 is 5.91 Å². The Kier molecular flexibility index (Phi) is 4.37. The third-order valence-corrected chi connectivity index (χ3v) is 3.59. The highest BCUT2D eigenvalue weighted by atomic mass is 19.4. The highest BCUT2D eigenvalue weighted by molar-refractivity contribution is 5.98. The molecule has 24 heavy (non-hydrogen) atoms. The zero-order valence-corrected chi connectivity index (χ0v) is 12.6. The fourth-order valence-corrected chi connectivity index (χ4v) is 2.47. The topological polar surface area (TPSA) is 55.3 Å². The van der Waals surface area contributed by atoms with E-state index in [2.05, 4.69) is 14.7 Å². The first-order valence-electron chi connectivity index (χ1n) is 7.30. The number of aromatic nitrogens is 2. The maximum atomic E-state index is 12.2. The summed E-state index contributed by atoms with van der Waals surface area (Å²) in [5.41, 5.74) is 2.08. The van der Waals surface area contributed by atoms with Gasteiger partial charge in [0.25, 0.3) is 5.91 Å². The Hall–Kier alpha value is -2.64. The molecule has 0 aliphatic carbocycles. The van der Waals surface area contributed by atoms with E-state index >= 15 is 0 Å². The minimum Gasteiger partial charge on any atom is -0.468 e. The molecule has 1 aliphatic rings. The molecule has 5 nitrogen and oxygen atoms in total. The number of alkyl halides is 3. The Morgan fingerprint density at radius 1 is 1.25 bits per heavy atom. The van der Waals surface area contributed by atoms with Crippen molar-refractivity contribution < 1.29 is 22.7 Å². The number of nitrogens with zero attached hydrogens (tertiary/aromatic N) is 3. The van der Waals surface area contributed by atoms with Crippen LogP contribution in [-0.2, 0) is 13.0 Å². The van der Waals surface area contributed by atoms with E-state index in [-0.39, 0.29) is 11.8 Å². The minimum absolute atomic E-state index is 0.0723. The Balaban J connectivity index is 1.59. The molecule has 0 fully saturated rings. The molecule has 2 aromatic heterocycles. The van der Waals surface area contributed by atoms with Gasteiger partial charge in [0, 0.05) is 54.8 Å². The van der Waals surface area contributed by atoms with Crippen LogP contribution in [0.2, 0.25) is 0 Å². The zero-order chi connectivity index (χ0) is 17.2. The van der Waals surface area contributed by atoms with E-state index in [1.807, 2.05) is 0 Å². The predicted molar refractivity (Wildman–Crippen MR) is 78.5 cm³/mol. The third-order valence-electron chi connectivity index (χ3n) is 3.59. The number of hydrogen-bond acceptors (Lipinski definition) is 4. The average Bonchev–Trinajstić information content (AvgIpc) is 2.87. The summed E-state index contributed by atoms with van der Waals surface area (Å²) in [4.78, 5) is 21.9. The molecule has 0 saturated carbocycles. The van der Waals surface area contributed by atoms with Gasteiger partial charge in [-0.25, -0.2) is 4.98 Å². The Morgan fingerprint density at radius 2 is 2.08 bits per heavy atom. The highest BCUT2D eigenvalue weighted by Gasteiger charge is 2.29. The molecule has 0 bridgehead atoms. The van der Waals surface area contributed by atoms with Crippen molar-refractivity contribution in [3.05, 3.63) is 53.5 Å². The van der Waals surface area contributed by atoms with E-state index in [9.17, 15) is 18.0 Å². The van der Waals surface area contributed by atoms with Crippen molar-refractivity contribution in [3.63, 3.8) is 0 Å². The predicted octanol–water partition coefficient (Wildman–Crippen LogP) is 2.62. The number of ether oxygens (including phenoxy) is 1. The van der Waals surface area contributed by atoms with Crippen molar-refractivity contribution in [1.29, 1.82) is 0 Å². The molecular formula is C16H14F3N3O2. The largest absolute Gasteiger partial charge is 0.468 e. The zero-order valence-electron chi connectivity index (χ0n) is 12.6. The van der Waals surface area contributed by atoms with Gasteiger partial charge in [-0.3, -0.25) is 9.78 Å². The SMILES string of the molecule is O=C1c2ccncc2CN1CCc1cccc(OCC(F)(F)F)n1. The summed E-state index contributed by atoms with van der Waals surface area (Å²) in [6, 6.07) is 6.33. The number of halogens is 3. The van der Waals surface area contributed by atoms with Crippen molar-refractivity contribution in [2.75, 3.05) is 13.2 Å². The van der Waals surface area contributed by atoms with Crippen LogP contribution in [0.5, 0.6) is 5.88 Å². The van der Waals surface area contributed by atoms with Crippen molar-refractivity contribution in [2.24, 2.45) is 0 Å². The minimum atomic E-state index is -4.40. The van der Waals surface area contributed by atoms with E-state index in [0.29, 0.717) is 30.8 Å². The second-order valence-corrected chi connectivity index (χ2v) is 5.38. The molecular weight excluding hydrogens is 323 g/mol. The first-order chi connectivity index (χ1) is 11.4. The third kappa shape index (κ3) is 3.81. The Morgan fingerprint density at radius 3 is 2.83 bits per heavy atom. The molecule has 0 spiro atoms. The Labute approximate surface area is 136 Å². The van der Waals surface area contributed by atoms with Gasteiger partial charge < -0.3 is 9.64 Å². The van der Waals surface area contributed by atoms with E-state index in [0.717, 1.165) is 5.56 Å². The van der Waals surface area contributed by atoms with Gasteiger partial charge in [0.2, 0.25) is 5.88 Å². The standard InChI is InChI=1S/C16H14F3N3O2/c17-16(18,19)10-24-14-3-1-2-12(21-14)5-7-22-9-11-8-20-6-4-13(11)15(22)23/h1-4,6,8H,5,7,9-10H2. The summed E-state index contributed by atoms with van der Waals surface area (Å²) in [5, 5.41) is 0. The monoisotopic (exact) mass is 337 g/mol. The molecule has 2 aromatic rings. The normalized spacial score (nSPS) is 14.0. The molecule has 3 heterocycles. The lowest BCUT2D eigenvalue weighted by Gasteiger charge is -2.15. The first-order valence-corrected chi connectivity index (χ1v) is 7.30. The maximum absolute atomic E-state index is 12.2. The van der Waals surface area contributed by atoms with Crippen LogP contribution in [0.15, 0.2) is 36.7 Å². The fraction of sp³-hybridized carbons (Fsp3) is 0.312. The van der Waals surface area contributed by atoms with Gasteiger partial charge in [-0.05, 0) is 12.1 Å². The van der Waals surface area contributed by atoms with E-state index in [1.165, 1.54) is 6.07 Å². The summed E-state index contributed by atoms with van der Waals surface area (Å²) in [5.74, 6) is -0.151. The number of carbonyl (C=O) groups is 1. The van der Waals surface area contributed by atoms with Gasteiger partial charge in [0.1, 0.15) is 0 Å². The van der Waals surface area contributed by atoms with Gasteiger partial charge in [0.05, 0.1) is 0 Å². The highest BCUT2D eigenvalue weighted by Crippen LogP contribution is 2.22. The van der Waals surface area contributed by atoms with Crippen LogP contribution in [0.1, 0.15) is 21.6 Å². The van der Waals surface area contributed by atoms with E-state index < -0.39 is 12.8 Å². The van der Waals surface area contributed by atoms with Crippen molar-refractivity contribution in [1.82, 2.24) is 14.9 Å². The molecule has 3 rings (SSSR count). The molecule has 8 heteroatoms. The molecule has 126 valence electrons. The molecule has 0 aromatic carbocycles. The van der Waals surface area contributed by atoms with Crippen LogP contribution in [0.4, 0.5) is 13.2 Å². The number of carbonyl (C=O) groups excluding carboxylic acids is 1. The lowest BCUT2D eigenvalue weighted by Crippen LogP contribution is -2.26. The average molecular weight is 337 g/mol. The molecule has 0 saturated heterocycles. The smallest absolute Gasteiger partial charge is 0.422 e. The van der Waals surface area contributed by atoms with E-state index in [1.54, 1.807) is 35.5 Å². The second-order valence-electron chi connectivity index (χ2n) is 5.38. The van der Waals surface area contributed by atoms with Crippen LogP contribution >= 0.6 is 0 Å². The van der Waals surface area contributed by atoms with Gasteiger partial charge in [-0.1, -0.05) is 6.07 Å². The molecule has 1 aliphatic heterocycles. The molecule has 0 N–H and O–H groups in total. The number of amides is 1.